The Bertz CT molecular complexity index is 959. The molecule has 223 valence electrons. The average Bonchev–Trinajstić information content (AvgIpc) is 3.28. The Morgan fingerprint density at radius 3 is 2.08 bits per heavy atom. The fourth-order valence-electron chi connectivity index (χ4n) is 7.06. The van der Waals surface area contributed by atoms with Crippen molar-refractivity contribution in [3.8, 4) is 5.92 Å². The zero-order chi connectivity index (χ0) is 29.6. The van der Waals surface area contributed by atoms with Gasteiger partial charge in [0.2, 0.25) is 0 Å². The van der Waals surface area contributed by atoms with Gasteiger partial charge in [0.1, 0.15) is 0 Å². The maximum Gasteiger partial charge on any atom is 0.0253 e. The van der Waals surface area contributed by atoms with E-state index >= 15 is 0 Å². The molecule has 0 aromatic carbocycles. The maximum absolute atomic E-state index is 7.91. The standard InChI is InChI=1S/C27H32N.C3H6.C2H7N.2C2H6.Es/c1-6-8-20(18-28)22-9-10-23-26(22,4)16-13-24-25(3)14-11-19(7-2)17-21(25)12-15-27(23,24)5;2*1-3-2;2*1-2;/h6,8-9,12-13,18-19,23,28H,1,10-11,14-17H2,3-5H3;3H,1H2,2H3;3H,1-2H3;2*1-2H3;/q-1;;;;;/b20-8+,28-18?;;;;;. The van der Waals surface area contributed by atoms with E-state index in [9.17, 15) is 0 Å². The van der Waals surface area contributed by atoms with Crippen molar-refractivity contribution in [2.24, 2.45) is 28.1 Å². The predicted molar refractivity (Wildman–Crippen MR) is 171 cm³/mol. The van der Waals surface area contributed by atoms with Crippen LogP contribution >= 0.6 is 0 Å². The van der Waals surface area contributed by atoms with Crippen LogP contribution in [0.4, 0.5) is 0 Å². The van der Waals surface area contributed by atoms with Crippen molar-refractivity contribution in [2.45, 2.75) is 93.9 Å². The zero-order valence-corrected chi connectivity index (χ0v) is 29.2. The summed E-state index contributed by atoms with van der Waals surface area (Å²) in [5.74, 6) is 3.64. The van der Waals surface area contributed by atoms with Crippen LogP contribution in [0, 0.1) is 45.8 Å². The molecule has 5 atom stereocenters. The average molecular weight is 770 g/mol. The van der Waals surface area contributed by atoms with E-state index in [1.54, 1.807) is 23.3 Å². The van der Waals surface area contributed by atoms with Gasteiger partial charge in [-0.3, -0.25) is 0 Å². The minimum Gasteiger partial charge on any atom is -0.693 e. The quantitative estimate of drug-likeness (QED) is 0.0970. The van der Waals surface area contributed by atoms with Gasteiger partial charge in [-0.15, -0.1) is 6.58 Å². The monoisotopic (exact) mass is 770 g/mol. The van der Waals surface area contributed by atoms with Crippen LogP contribution in [0.25, 0.3) is 0 Å². The molecule has 5 unspecified atom stereocenters. The summed E-state index contributed by atoms with van der Waals surface area (Å²) in [5, 5.41) is 10.7. The molecule has 0 spiro atoms. The van der Waals surface area contributed by atoms with Gasteiger partial charge in [0, 0.05) is 17.0 Å². The summed E-state index contributed by atoms with van der Waals surface area (Å²) >= 11 is 0. The zero-order valence-electron chi connectivity index (χ0n) is 26.7. The van der Waals surface area contributed by atoms with Crippen LogP contribution in [0.5, 0.6) is 0 Å². The first kappa shape index (κ1) is 37.8. The van der Waals surface area contributed by atoms with Gasteiger partial charge in [-0.2, -0.15) is 0 Å². The van der Waals surface area contributed by atoms with Crippen molar-refractivity contribution >= 4 is 6.21 Å². The SMILES string of the molecule is C=CC.CC.CC.CNC.[C-]#CC1CCC2(C)C(=CCC3(C)C2=CCC2(C)C(/C(C=N)=C/C=C)=CCC23)C1.[Es]. The van der Waals surface area contributed by atoms with E-state index in [1.165, 1.54) is 11.8 Å². The van der Waals surface area contributed by atoms with Crippen LogP contribution in [-0.2, 0) is 0 Å². The summed E-state index contributed by atoms with van der Waals surface area (Å²) < 4.78 is 0. The maximum atomic E-state index is 7.91. The molecule has 4 rings (SSSR count). The number of nitrogens with one attached hydrogen (secondary N) is 2. The molecular weight excluding hydrogens is 712 g/mol. The normalized spacial score (nSPS) is 31.3. The molecular formula is C36H57EsN2-. The second-order valence-electron chi connectivity index (χ2n) is 10.8. The van der Waals surface area contributed by atoms with Crippen molar-refractivity contribution in [3.05, 3.63) is 78.3 Å². The summed E-state index contributed by atoms with van der Waals surface area (Å²) in [6, 6.07) is 0. The fraction of sp³-hybridized carbons (Fsp3) is 0.583. The van der Waals surface area contributed by atoms with Crippen LogP contribution in [0.15, 0.2) is 71.9 Å². The topological polar surface area (TPSA) is 35.9 Å². The molecule has 2 N–H and O–H groups in total. The molecule has 0 aromatic rings. The summed E-state index contributed by atoms with van der Waals surface area (Å²) in [5.41, 5.74) is 5.98. The molecule has 2 nitrogen and oxygen atoms in total. The Balaban J connectivity index is 0. The van der Waals surface area contributed by atoms with Crippen molar-refractivity contribution in [2.75, 3.05) is 14.1 Å². The Kier molecular flexibility index (Phi) is 16.7. The third kappa shape index (κ3) is 7.39. The predicted octanol–water partition coefficient (Wildman–Crippen LogP) is 9.84. The molecule has 1 saturated carbocycles. The van der Waals surface area contributed by atoms with Gasteiger partial charge >= 0.3 is 0 Å². The molecule has 0 heterocycles. The molecule has 0 aliphatic heterocycles. The first-order valence-corrected chi connectivity index (χ1v) is 14.7. The van der Waals surface area contributed by atoms with E-state index in [4.69, 9.17) is 11.8 Å². The van der Waals surface area contributed by atoms with Crippen molar-refractivity contribution in [1.82, 2.24) is 5.32 Å². The molecule has 3 heteroatoms. The van der Waals surface area contributed by atoms with Gasteiger partial charge in [-0.1, -0.05) is 103 Å². The fourth-order valence-corrected chi connectivity index (χ4v) is 7.06. The number of hydrogen-bond acceptors (Lipinski definition) is 2. The summed E-state index contributed by atoms with van der Waals surface area (Å²) in [6.45, 7) is 24.5. The summed E-state index contributed by atoms with van der Waals surface area (Å²) in [6.07, 6.45) is 28.6. The van der Waals surface area contributed by atoms with Gasteiger partial charge in [0.15, 0.2) is 0 Å². The molecule has 1 radical (unpaired) electrons. The smallest absolute Gasteiger partial charge is 0.0253 e. The number of allylic oxidation sites excluding steroid dienone is 10. The van der Waals surface area contributed by atoms with Gasteiger partial charge in [-0.25, -0.2) is 0 Å². The molecule has 0 aromatic heterocycles. The molecule has 0 saturated heterocycles. The van der Waals surface area contributed by atoms with E-state index in [0.29, 0.717) is 11.8 Å². The van der Waals surface area contributed by atoms with Gasteiger partial charge in [0.05, 0.1) is 0 Å². The van der Waals surface area contributed by atoms with E-state index in [1.807, 2.05) is 54.8 Å². The van der Waals surface area contributed by atoms with Gasteiger partial charge in [-0.05, 0) is 87.9 Å². The molecule has 0 amide bonds. The van der Waals surface area contributed by atoms with Gasteiger partial charge < -0.3 is 23.1 Å². The Morgan fingerprint density at radius 1 is 1.05 bits per heavy atom. The minimum atomic E-state index is 0. The van der Waals surface area contributed by atoms with Crippen molar-refractivity contribution < 1.29 is 0 Å². The Labute approximate surface area is 237 Å². The van der Waals surface area contributed by atoms with Crippen LogP contribution < -0.4 is 5.32 Å². The molecule has 39 heavy (non-hydrogen) atoms. The van der Waals surface area contributed by atoms with E-state index in [2.05, 4.69) is 63.4 Å². The second kappa shape index (κ2) is 17.3. The van der Waals surface area contributed by atoms with Crippen LogP contribution in [0.1, 0.15) is 93.9 Å². The Hall–Kier alpha value is -3.37. The van der Waals surface area contributed by atoms with Gasteiger partial charge in [0.25, 0.3) is 0 Å². The van der Waals surface area contributed by atoms with Crippen LogP contribution in [-0.4, -0.2) is 20.3 Å². The molecule has 4 aliphatic carbocycles. The third-order valence-electron chi connectivity index (χ3n) is 8.56. The molecule has 4 aliphatic rings. The van der Waals surface area contributed by atoms with E-state index in [-0.39, 0.29) is 16.2 Å². The van der Waals surface area contributed by atoms with E-state index in [0.717, 1.165) is 44.1 Å². The van der Waals surface area contributed by atoms with E-state index < -0.39 is 0 Å². The first-order chi connectivity index (χ1) is 18.2. The third-order valence-corrected chi connectivity index (χ3v) is 8.56. The minimum absolute atomic E-state index is 0. The first-order valence-electron chi connectivity index (χ1n) is 14.7. The Morgan fingerprint density at radius 2 is 1.59 bits per heavy atom. The molecule has 0 bridgehead atoms. The van der Waals surface area contributed by atoms with Crippen LogP contribution in [0.3, 0.4) is 0 Å². The number of fused-ring (bicyclic) bond motifs is 5. The number of rotatable bonds is 3. The van der Waals surface area contributed by atoms with Crippen LogP contribution in [0.2, 0.25) is 0 Å². The van der Waals surface area contributed by atoms with Crippen molar-refractivity contribution in [3.63, 3.8) is 0 Å². The second-order valence-corrected chi connectivity index (χ2v) is 10.8. The summed E-state index contributed by atoms with van der Waals surface area (Å²) in [4.78, 5) is 0. The molecule has 1 fully saturated rings. The van der Waals surface area contributed by atoms with Crippen molar-refractivity contribution in [1.29, 1.82) is 5.41 Å². The number of hydrogen-bond donors (Lipinski definition) is 2. The largest absolute Gasteiger partial charge is 0.693 e. The summed E-state index contributed by atoms with van der Waals surface area (Å²) in [7, 11) is 3.75.